The van der Waals surface area contributed by atoms with Crippen LogP contribution in [0.5, 0.6) is 0 Å². The molecule has 5 heteroatoms. The second kappa shape index (κ2) is 4.81. The summed E-state index contributed by atoms with van der Waals surface area (Å²) in [5, 5.41) is 12.6. The molecule has 1 aliphatic heterocycles. The molecule has 17 heavy (non-hydrogen) atoms. The third-order valence-corrected chi connectivity index (χ3v) is 3.00. The van der Waals surface area contributed by atoms with Crippen LogP contribution >= 0.6 is 0 Å². The van der Waals surface area contributed by atoms with Crippen LogP contribution in [0, 0.1) is 5.82 Å². The number of amides is 1. The molecule has 0 aliphatic carbocycles. The van der Waals surface area contributed by atoms with Gasteiger partial charge in [0.05, 0.1) is 6.10 Å². The molecule has 2 N–H and O–H groups in total. The molecular formula is C12H15FN2O2. The van der Waals surface area contributed by atoms with Gasteiger partial charge in [0.15, 0.2) is 0 Å². The van der Waals surface area contributed by atoms with Crippen LogP contribution in [0.3, 0.4) is 0 Å². The van der Waals surface area contributed by atoms with Crippen molar-refractivity contribution in [1.82, 2.24) is 5.32 Å². The van der Waals surface area contributed by atoms with Gasteiger partial charge in [0.25, 0.3) is 0 Å². The molecule has 2 rings (SSSR count). The number of hydrogen-bond acceptors (Lipinski definition) is 3. The molecule has 2 atom stereocenters. The number of carbonyl (C=O) groups is 1. The monoisotopic (exact) mass is 238 g/mol. The fourth-order valence-electron chi connectivity index (χ4n) is 1.94. The Kier molecular flexibility index (Phi) is 3.40. The van der Waals surface area contributed by atoms with Gasteiger partial charge in [-0.25, -0.2) is 4.39 Å². The van der Waals surface area contributed by atoms with Crippen LogP contribution in [-0.4, -0.2) is 36.8 Å². The number of aliphatic hydroxyl groups excluding tert-OH is 1. The molecule has 0 bridgehead atoms. The third-order valence-electron chi connectivity index (χ3n) is 3.00. The summed E-state index contributed by atoms with van der Waals surface area (Å²) in [6, 6.07) is 5.11. The Bertz CT molecular complexity index is 407. The van der Waals surface area contributed by atoms with Gasteiger partial charge in [0.2, 0.25) is 5.91 Å². The number of rotatable bonds is 2. The van der Waals surface area contributed by atoms with Gasteiger partial charge < -0.3 is 15.3 Å². The van der Waals surface area contributed by atoms with E-state index in [9.17, 15) is 14.3 Å². The van der Waals surface area contributed by atoms with Crippen LogP contribution in [0.25, 0.3) is 0 Å². The van der Waals surface area contributed by atoms with E-state index < -0.39 is 12.1 Å². The van der Waals surface area contributed by atoms with E-state index in [0.29, 0.717) is 18.7 Å². The number of benzene rings is 1. The Balaban J connectivity index is 2.11. The second-order valence-electron chi connectivity index (χ2n) is 4.16. The molecule has 1 heterocycles. The number of hydrogen-bond donors (Lipinski definition) is 2. The molecule has 4 nitrogen and oxygen atoms in total. The largest absolute Gasteiger partial charge is 0.391 e. The van der Waals surface area contributed by atoms with Gasteiger partial charge in [0, 0.05) is 12.7 Å². The normalized spacial score (nSPS) is 23.7. The van der Waals surface area contributed by atoms with E-state index in [4.69, 9.17) is 0 Å². The van der Waals surface area contributed by atoms with Crippen LogP contribution in [0.1, 0.15) is 6.42 Å². The summed E-state index contributed by atoms with van der Waals surface area (Å²) in [7, 11) is 1.61. The molecule has 1 aliphatic rings. The SMILES string of the molecule is CN(C(=O)[C@H]1NCC[C@H]1O)c1ccc(F)cc1. The lowest BCUT2D eigenvalue weighted by Crippen LogP contribution is -2.46. The predicted molar refractivity (Wildman–Crippen MR) is 62.2 cm³/mol. The summed E-state index contributed by atoms with van der Waals surface area (Å²) in [4.78, 5) is 13.5. The van der Waals surface area contributed by atoms with Gasteiger partial charge in [0.1, 0.15) is 11.9 Å². The van der Waals surface area contributed by atoms with Crippen LogP contribution < -0.4 is 10.2 Å². The first-order valence-electron chi connectivity index (χ1n) is 5.54. The van der Waals surface area contributed by atoms with Crippen molar-refractivity contribution in [1.29, 1.82) is 0 Å². The summed E-state index contributed by atoms with van der Waals surface area (Å²) < 4.78 is 12.8. The Labute approximate surface area is 99.0 Å². The van der Waals surface area contributed by atoms with Crippen LogP contribution in [0.4, 0.5) is 10.1 Å². The summed E-state index contributed by atoms with van der Waals surface area (Å²) in [5.74, 6) is -0.546. The molecule has 0 aromatic heterocycles. The number of aliphatic hydroxyl groups is 1. The molecule has 1 amide bonds. The van der Waals surface area contributed by atoms with Crippen molar-refractivity contribution in [3.05, 3.63) is 30.1 Å². The first-order valence-corrected chi connectivity index (χ1v) is 5.54. The Morgan fingerprint density at radius 3 is 2.65 bits per heavy atom. The van der Waals surface area contributed by atoms with E-state index >= 15 is 0 Å². The number of carbonyl (C=O) groups excluding carboxylic acids is 1. The third kappa shape index (κ3) is 2.45. The van der Waals surface area contributed by atoms with Crippen molar-refractivity contribution in [3.63, 3.8) is 0 Å². The molecule has 1 aromatic rings. The lowest BCUT2D eigenvalue weighted by molar-refractivity contribution is -0.121. The number of halogens is 1. The molecule has 1 aromatic carbocycles. The fraction of sp³-hybridized carbons (Fsp3) is 0.417. The number of nitrogens with zero attached hydrogens (tertiary/aromatic N) is 1. The van der Waals surface area contributed by atoms with E-state index in [1.807, 2.05) is 0 Å². The zero-order valence-corrected chi connectivity index (χ0v) is 9.56. The highest BCUT2D eigenvalue weighted by molar-refractivity contribution is 5.97. The van der Waals surface area contributed by atoms with Crippen molar-refractivity contribution >= 4 is 11.6 Å². The van der Waals surface area contributed by atoms with E-state index in [1.165, 1.54) is 29.2 Å². The van der Waals surface area contributed by atoms with Gasteiger partial charge in [-0.3, -0.25) is 4.79 Å². The van der Waals surface area contributed by atoms with Gasteiger partial charge in [-0.15, -0.1) is 0 Å². The lowest BCUT2D eigenvalue weighted by Gasteiger charge is -2.23. The van der Waals surface area contributed by atoms with E-state index in [0.717, 1.165) is 0 Å². The van der Waals surface area contributed by atoms with Crippen molar-refractivity contribution in [2.45, 2.75) is 18.6 Å². The molecule has 0 unspecified atom stereocenters. The smallest absolute Gasteiger partial charge is 0.246 e. The Morgan fingerprint density at radius 1 is 1.47 bits per heavy atom. The maximum atomic E-state index is 12.8. The predicted octanol–water partition coefficient (Wildman–Crippen LogP) is 0.511. The lowest BCUT2D eigenvalue weighted by atomic mass is 10.1. The highest BCUT2D eigenvalue weighted by Crippen LogP contribution is 2.17. The minimum absolute atomic E-state index is 0.207. The van der Waals surface area contributed by atoms with E-state index in [1.54, 1.807) is 7.05 Å². The zero-order valence-electron chi connectivity index (χ0n) is 9.56. The first kappa shape index (κ1) is 12.0. The average Bonchev–Trinajstić information content (AvgIpc) is 2.74. The van der Waals surface area contributed by atoms with Gasteiger partial charge >= 0.3 is 0 Å². The number of likely N-dealkylation sites (N-methyl/N-ethyl adjacent to an activating group) is 1. The molecular weight excluding hydrogens is 223 g/mol. The van der Waals surface area contributed by atoms with Gasteiger partial charge in [-0.1, -0.05) is 0 Å². The quantitative estimate of drug-likeness (QED) is 0.789. The summed E-state index contributed by atoms with van der Waals surface area (Å²) in [6.45, 7) is 0.634. The fourth-order valence-corrected chi connectivity index (χ4v) is 1.94. The minimum Gasteiger partial charge on any atom is -0.391 e. The van der Waals surface area contributed by atoms with Crippen molar-refractivity contribution in [2.75, 3.05) is 18.5 Å². The molecule has 92 valence electrons. The number of anilines is 1. The standard InChI is InChI=1S/C12H15FN2O2/c1-15(9-4-2-8(13)3-5-9)12(17)11-10(16)6-7-14-11/h2-5,10-11,14,16H,6-7H2,1H3/t10-,11+/m1/s1. The topological polar surface area (TPSA) is 52.6 Å². The van der Waals surface area contributed by atoms with Crippen molar-refractivity contribution < 1.29 is 14.3 Å². The first-order chi connectivity index (χ1) is 8.09. The maximum Gasteiger partial charge on any atom is 0.246 e. The second-order valence-corrected chi connectivity index (χ2v) is 4.16. The zero-order chi connectivity index (χ0) is 12.4. The van der Waals surface area contributed by atoms with E-state index in [-0.39, 0.29) is 11.7 Å². The molecule has 0 spiro atoms. The summed E-state index contributed by atoms with van der Waals surface area (Å²) in [5.41, 5.74) is 0.609. The van der Waals surface area contributed by atoms with Crippen LogP contribution in [-0.2, 0) is 4.79 Å². The molecule has 1 saturated heterocycles. The van der Waals surface area contributed by atoms with Gasteiger partial charge in [-0.2, -0.15) is 0 Å². The summed E-state index contributed by atoms with van der Waals surface area (Å²) in [6.07, 6.45) is -0.0707. The maximum absolute atomic E-state index is 12.8. The van der Waals surface area contributed by atoms with Crippen LogP contribution in [0.2, 0.25) is 0 Å². The molecule has 0 saturated carbocycles. The van der Waals surface area contributed by atoms with Crippen molar-refractivity contribution in [3.8, 4) is 0 Å². The molecule has 0 radical (unpaired) electrons. The van der Waals surface area contributed by atoms with Gasteiger partial charge in [-0.05, 0) is 37.2 Å². The van der Waals surface area contributed by atoms with E-state index in [2.05, 4.69) is 5.32 Å². The van der Waals surface area contributed by atoms with Crippen molar-refractivity contribution in [2.24, 2.45) is 0 Å². The number of nitrogens with one attached hydrogen (secondary N) is 1. The molecule has 1 fully saturated rings. The summed E-state index contributed by atoms with van der Waals surface area (Å²) >= 11 is 0. The minimum atomic E-state index is -0.648. The Morgan fingerprint density at radius 2 is 2.12 bits per heavy atom. The average molecular weight is 238 g/mol. The Hall–Kier alpha value is -1.46. The van der Waals surface area contributed by atoms with Crippen LogP contribution in [0.15, 0.2) is 24.3 Å². The highest BCUT2D eigenvalue weighted by atomic mass is 19.1. The highest BCUT2D eigenvalue weighted by Gasteiger charge is 2.33.